The van der Waals surface area contributed by atoms with Crippen LogP contribution in [0.15, 0.2) is 10.9 Å². The number of anilines is 1. The van der Waals surface area contributed by atoms with Crippen LogP contribution in [0, 0.1) is 0 Å². The molecular formula is C17H27ClN4O4. The Bertz CT molecular complexity index is 678. The molecule has 146 valence electrons. The van der Waals surface area contributed by atoms with E-state index < -0.39 is 11.7 Å². The Kier molecular flexibility index (Phi) is 6.88. The van der Waals surface area contributed by atoms with Gasteiger partial charge in [-0.05, 0) is 40.0 Å². The number of aromatic nitrogens is 2. The predicted octanol–water partition coefficient (Wildman–Crippen LogP) is 1.77. The maximum atomic E-state index is 12.2. The highest BCUT2D eigenvalue weighted by molar-refractivity contribution is 6.29. The van der Waals surface area contributed by atoms with Crippen LogP contribution in [0.3, 0.4) is 0 Å². The molecule has 0 bridgehead atoms. The minimum atomic E-state index is -0.529. The van der Waals surface area contributed by atoms with Crippen molar-refractivity contribution >= 4 is 23.6 Å². The summed E-state index contributed by atoms with van der Waals surface area (Å²) in [5.74, 6) is 0.506. The van der Waals surface area contributed by atoms with Crippen LogP contribution in [0.25, 0.3) is 0 Å². The zero-order valence-corrected chi connectivity index (χ0v) is 16.3. The second-order valence-corrected chi connectivity index (χ2v) is 7.74. The fourth-order valence-corrected chi connectivity index (χ4v) is 3.01. The first-order chi connectivity index (χ1) is 12.2. The van der Waals surface area contributed by atoms with Crippen molar-refractivity contribution < 1.29 is 14.6 Å². The summed E-state index contributed by atoms with van der Waals surface area (Å²) in [4.78, 5) is 30.4. The maximum absolute atomic E-state index is 12.2. The number of alkyl carbamates (subject to hydrolysis) is 1. The van der Waals surface area contributed by atoms with Crippen molar-refractivity contribution in [2.45, 2.75) is 58.2 Å². The lowest BCUT2D eigenvalue weighted by Crippen LogP contribution is -2.47. The van der Waals surface area contributed by atoms with E-state index in [0.717, 1.165) is 0 Å². The van der Waals surface area contributed by atoms with Gasteiger partial charge in [-0.1, -0.05) is 11.6 Å². The Morgan fingerprint density at radius 3 is 2.65 bits per heavy atom. The third-order valence-electron chi connectivity index (χ3n) is 4.00. The number of amides is 1. The normalized spacial score (nSPS) is 15.8. The van der Waals surface area contributed by atoms with Crippen LogP contribution in [-0.2, 0) is 11.3 Å². The van der Waals surface area contributed by atoms with Crippen LogP contribution in [-0.4, -0.2) is 52.1 Å². The van der Waals surface area contributed by atoms with E-state index in [-0.39, 0.29) is 23.4 Å². The number of rotatable bonds is 5. The molecule has 0 spiro atoms. The predicted molar refractivity (Wildman–Crippen MR) is 99.8 cm³/mol. The minimum Gasteiger partial charge on any atom is -0.444 e. The van der Waals surface area contributed by atoms with Crippen LogP contribution in [0.5, 0.6) is 0 Å². The van der Waals surface area contributed by atoms with Gasteiger partial charge in [-0.15, -0.1) is 0 Å². The van der Waals surface area contributed by atoms with Gasteiger partial charge < -0.3 is 20.1 Å². The summed E-state index contributed by atoms with van der Waals surface area (Å²) in [5.41, 5.74) is -0.763. The number of piperidine rings is 1. The van der Waals surface area contributed by atoms with Crippen molar-refractivity contribution in [3.8, 4) is 0 Å². The molecule has 2 N–H and O–H groups in total. The molecule has 1 aromatic rings. The topological polar surface area (TPSA) is 96.7 Å². The average Bonchev–Trinajstić information content (AvgIpc) is 2.52. The van der Waals surface area contributed by atoms with Crippen LogP contribution in [0.2, 0.25) is 5.15 Å². The molecular weight excluding hydrogens is 360 g/mol. The average molecular weight is 387 g/mol. The van der Waals surface area contributed by atoms with Gasteiger partial charge in [0.05, 0.1) is 0 Å². The molecule has 2 rings (SSSR count). The van der Waals surface area contributed by atoms with Gasteiger partial charge in [0.25, 0.3) is 5.56 Å². The van der Waals surface area contributed by atoms with Crippen molar-refractivity contribution in [1.82, 2.24) is 14.9 Å². The monoisotopic (exact) mass is 386 g/mol. The van der Waals surface area contributed by atoms with Crippen molar-refractivity contribution in [1.29, 1.82) is 0 Å². The summed E-state index contributed by atoms with van der Waals surface area (Å²) in [6.07, 6.45) is 1.47. The van der Waals surface area contributed by atoms with Gasteiger partial charge in [-0.3, -0.25) is 9.36 Å². The molecule has 0 atom stereocenters. The highest BCUT2D eigenvalue weighted by Crippen LogP contribution is 2.19. The summed E-state index contributed by atoms with van der Waals surface area (Å²) in [5, 5.41) is 12.1. The van der Waals surface area contributed by atoms with Crippen molar-refractivity contribution in [2.24, 2.45) is 0 Å². The zero-order valence-electron chi connectivity index (χ0n) is 15.5. The first kappa shape index (κ1) is 20.5. The molecule has 0 saturated carbocycles. The number of nitrogens with one attached hydrogen (secondary N) is 1. The summed E-state index contributed by atoms with van der Waals surface area (Å²) in [6.45, 7) is 7.11. The fraction of sp³-hybridized carbons (Fsp3) is 0.706. The van der Waals surface area contributed by atoms with Gasteiger partial charge in [0, 0.05) is 38.3 Å². The fourth-order valence-electron chi connectivity index (χ4n) is 2.85. The molecule has 0 aromatic carbocycles. The second-order valence-electron chi connectivity index (χ2n) is 7.35. The Hall–Kier alpha value is -1.80. The molecule has 1 fully saturated rings. The molecule has 1 saturated heterocycles. The van der Waals surface area contributed by atoms with E-state index in [0.29, 0.717) is 44.8 Å². The quantitative estimate of drug-likeness (QED) is 0.748. The van der Waals surface area contributed by atoms with Gasteiger partial charge in [0.1, 0.15) is 10.8 Å². The Balaban J connectivity index is 2.01. The third kappa shape index (κ3) is 5.88. The van der Waals surface area contributed by atoms with Gasteiger partial charge in [-0.2, -0.15) is 0 Å². The number of aliphatic hydroxyl groups excluding tert-OH is 1. The van der Waals surface area contributed by atoms with Gasteiger partial charge >= 0.3 is 6.09 Å². The maximum Gasteiger partial charge on any atom is 0.407 e. The SMILES string of the molecule is CC(C)(C)OC(=O)NC1CCN(c2nc(Cl)cc(=O)n2CCCO)CC1. The van der Waals surface area contributed by atoms with E-state index in [9.17, 15) is 9.59 Å². The van der Waals surface area contributed by atoms with E-state index in [1.165, 1.54) is 10.6 Å². The Morgan fingerprint density at radius 1 is 1.42 bits per heavy atom. The minimum absolute atomic E-state index is 0.00358. The second kappa shape index (κ2) is 8.73. The first-order valence-electron chi connectivity index (χ1n) is 8.82. The lowest BCUT2D eigenvalue weighted by atomic mass is 10.1. The van der Waals surface area contributed by atoms with Crippen LogP contribution >= 0.6 is 11.6 Å². The molecule has 1 aliphatic rings. The van der Waals surface area contributed by atoms with Crippen LogP contribution < -0.4 is 15.8 Å². The number of aliphatic hydroxyl groups is 1. The van der Waals surface area contributed by atoms with Gasteiger partial charge in [-0.25, -0.2) is 9.78 Å². The number of hydrogen-bond acceptors (Lipinski definition) is 6. The molecule has 9 heteroatoms. The van der Waals surface area contributed by atoms with Crippen molar-refractivity contribution in [2.75, 3.05) is 24.6 Å². The summed E-state index contributed by atoms with van der Waals surface area (Å²) in [7, 11) is 0. The third-order valence-corrected chi connectivity index (χ3v) is 4.19. The number of nitrogens with zero attached hydrogens (tertiary/aromatic N) is 3. The van der Waals surface area contributed by atoms with E-state index in [2.05, 4.69) is 10.3 Å². The summed E-state index contributed by atoms with van der Waals surface area (Å²) in [6, 6.07) is 1.29. The van der Waals surface area contributed by atoms with E-state index in [4.69, 9.17) is 21.4 Å². The molecule has 1 aliphatic heterocycles. The highest BCUT2D eigenvalue weighted by Gasteiger charge is 2.25. The number of halogens is 1. The molecule has 0 aliphatic carbocycles. The smallest absolute Gasteiger partial charge is 0.407 e. The molecule has 1 amide bonds. The van der Waals surface area contributed by atoms with Crippen LogP contribution in [0.4, 0.5) is 10.7 Å². The number of hydrogen-bond donors (Lipinski definition) is 2. The van der Waals surface area contributed by atoms with E-state index in [1.54, 1.807) is 0 Å². The van der Waals surface area contributed by atoms with E-state index in [1.807, 2.05) is 25.7 Å². The van der Waals surface area contributed by atoms with Crippen LogP contribution in [0.1, 0.15) is 40.0 Å². The molecule has 0 radical (unpaired) electrons. The molecule has 0 unspecified atom stereocenters. The number of carbonyl (C=O) groups is 1. The molecule has 1 aromatic heterocycles. The Labute approximate surface area is 158 Å². The summed E-state index contributed by atoms with van der Waals surface area (Å²) < 4.78 is 6.82. The number of ether oxygens (including phenoxy) is 1. The zero-order chi connectivity index (χ0) is 19.3. The molecule has 26 heavy (non-hydrogen) atoms. The highest BCUT2D eigenvalue weighted by atomic mass is 35.5. The van der Waals surface area contributed by atoms with E-state index >= 15 is 0 Å². The largest absolute Gasteiger partial charge is 0.444 e. The first-order valence-corrected chi connectivity index (χ1v) is 9.20. The van der Waals surface area contributed by atoms with Gasteiger partial charge in [0.2, 0.25) is 5.95 Å². The molecule has 2 heterocycles. The Morgan fingerprint density at radius 2 is 2.08 bits per heavy atom. The van der Waals surface area contributed by atoms with Crippen molar-refractivity contribution in [3.05, 3.63) is 21.6 Å². The standard InChI is InChI=1S/C17H27ClN4O4/c1-17(2,3)26-16(25)19-12-5-8-21(9-6-12)15-20-13(18)11-14(24)22(15)7-4-10-23/h11-12,23H,4-10H2,1-3H3,(H,19,25). The lowest BCUT2D eigenvalue weighted by molar-refractivity contribution is 0.0497. The lowest BCUT2D eigenvalue weighted by Gasteiger charge is -2.34. The number of carbonyl (C=O) groups excluding carboxylic acids is 1. The summed E-state index contributed by atoms with van der Waals surface area (Å²) >= 11 is 5.96. The molecule has 8 nitrogen and oxygen atoms in total. The van der Waals surface area contributed by atoms with Gasteiger partial charge in [0.15, 0.2) is 0 Å². The van der Waals surface area contributed by atoms with Crippen molar-refractivity contribution in [3.63, 3.8) is 0 Å².